The molecule has 1 saturated carbocycles. The average Bonchev–Trinajstić information content (AvgIpc) is 3.18. The highest BCUT2D eigenvalue weighted by atomic mass is 35.5. The molecule has 1 aromatic rings. The molecule has 0 radical (unpaired) electrons. The molecular formula is C15H23ClN2O2. The fourth-order valence-electron chi connectivity index (χ4n) is 1.89. The third-order valence-electron chi connectivity index (χ3n) is 3.48. The number of carbonyl (C=O) groups is 1. The van der Waals surface area contributed by atoms with Crippen molar-refractivity contribution in [2.24, 2.45) is 5.73 Å². The monoisotopic (exact) mass is 298 g/mol. The smallest absolute Gasteiger partial charge is 0.240 e. The van der Waals surface area contributed by atoms with E-state index in [0.717, 1.165) is 19.3 Å². The van der Waals surface area contributed by atoms with Gasteiger partial charge in [0.25, 0.3) is 0 Å². The van der Waals surface area contributed by atoms with Gasteiger partial charge >= 0.3 is 0 Å². The van der Waals surface area contributed by atoms with E-state index < -0.39 is 5.54 Å². The number of hydrogen-bond donors (Lipinski definition) is 2. The highest BCUT2D eigenvalue weighted by molar-refractivity contribution is 5.88. The van der Waals surface area contributed by atoms with E-state index in [9.17, 15) is 4.79 Å². The summed E-state index contributed by atoms with van der Waals surface area (Å²) in [7, 11) is 0. The highest BCUT2D eigenvalue weighted by Gasteiger charge is 2.45. The van der Waals surface area contributed by atoms with Crippen molar-refractivity contribution in [1.82, 2.24) is 5.32 Å². The molecular weight excluding hydrogens is 276 g/mol. The molecule has 0 bridgehead atoms. The van der Waals surface area contributed by atoms with E-state index in [2.05, 4.69) is 17.4 Å². The summed E-state index contributed by atoms with van der Waals surface area (Å²) in [6.45, 7) is 3.29. The predicted molar refractivity (Wildman–Crippen MR) is 81.8 cm³/mol. The van der Waals surface area contributed by atoms with Crippen LogP contribution in [0, 0.1) is 0 Å². The number of hydrogen-bond acceptors (Lipinski definition) is 3. The van der Waals surface area contributed by atoms with Crippen molar-refractivity contribution in [1.29, 1.82) is 0 Å². The minimum Gasteiger partial charge on any atom is -0.374 e. The van der Waals surface area contributed by atoms with Crippen LogP contribution in [0.3, 0.4) is 0 Å². The van der Waals surface area contributed by atoms with Gasteiger partial charge in [-0.1, -0.05) is 30.3 Å². The average molecular weight is 299 g/mol. The molecule has 20 heavy (non-hydrogen) atoms. The van der Waals surface area contributed by atoms with Gasteiger partial charge in [0.15, 0.2) is 0 Å². The second-order valence-electron chi connectivity index (χ2n) is 5.19. The van der Waals surface area contributed by atoms with E-state index in [1.54, 1.807) is 0 Å². The Bertz CT molecular complexity index is 421. The summed E-state index contributed by atoms with van der Waals surface area (Å²) < 4.78 is 5.73. The summed E-state index contributed by atoms with van der Waals surface area (Å²) in [5.74, 6) is -0.0244. The van der Waals surface area contributed by atoms with Gasteiger partial charge in [-0.3, -0.25) is 4.79 Å². The molecule has 2 rings (SSSR count). The lowest BCUT2D eigenvalue weighted by Crippen LogP contribution is -2.43. The van der Waals surface area contributed by atoms with E-state index in [1.165, 1.54) is 5.56 Å². The van der Waals surface area contributed by atoms with Gasteiger partial charge in [0.2, 0.25) is 5.91 Å². The third kappa shape index (κ3) is 4.78. The number of amides is 1. The van der Waals surface area contributed by atoms with Gasteiger partial charge in [-0.25, -0.2) is 0 Å². The third-order valence-corrected chi connectivity index (χ3v) is 3.48. The molecule has 1 atom stereocenters. The zero-order valence-electron chi connectivity index (χ0n) is 11.8. The highest BCUT2D eigenvalue weighted by Crippen LogP contribution is 2.31. The number of nitrogens with two attached hydrogens (primary N) is 1. The van der Waals surface area contributed by atoms with Crippen LogP contribution < -0.4 is 11.1 Å². The molecule has 0 saturated heterocycles. The van der Waals surface area contributed by atoms with Gasteiger partial charge in [-0.15, -0.1) is 12.4 Å². The number of nitrogens with one attached hydrogen (secondary N) is 1. The van der Waals surface area contributed by atoms with Gasteiger partial charge in [-0.05, 0) is 31.7 Å². The van der Waals surface area contributed by atoms with E-state index in [4.69, 9.17) is 10.5 Å². The van der Waals surface area contributed by atoms with Gasteiger partial charge in [-0.2, -0.15) is 0 Å². The van der Waals surface area contributed by atoms with Gasteiger partial charge < -0.3 is 15.8 Å². The van der Waals surface area contributed by atoms with Crippen molar-refractivity contribution in [3.05, 3.63) is 35.9 Å². The number of ether oxygens (including phenoxy) is 1. The lowest BCUT2D eigenvalue weighted by molar-refractivity contribution is -0.123. The topological polar surface area (TPSA) is 64.3 Å². The molecule has 112 valence electrons. The molecule has 0 spiro atoms. The Morgan fingerprint density at radius 1 is 1.40 bits per heavy atom. The largest absolute Gasteiger partial charge is 0.374 e. The normalized spacial score (nSPS) is 16.9. The molecule has 0 aromatic heterocycles. The van der Waals surface area contributed by atoms with Crippen LogP contribution in [0.5, 0.6) is 0 Å². The summed E-state index contributed by atoms with van der Waals surface area (Å²) in [6, 6.07) is 10.1. The maximum atomic E-state index is 11.6. The van der Waals surface area contributed by atoms with Gasteiger partial charge in [0, 0.05) is 13.2 Å². The summed E-state index contributed by atoms with van der Waals surface area (Å²) in [4.78, 5) is 11.6. The SMILES string of the molecule is CC(OCCCNC(=O)C1(N)CC1)c1ccccc1.Cl. The van der Waals surface area contributed by atoms with E-state index in [1.807, 2.05) is 25.1 Å². The van der Waals surface area contributed by atoms with Crippen molar-refractivity contribution >= 4 is 18.3 Å². The first-order valence-corrected chi connectivity index (χ1v) is 6.85. The number of benzene rings is 1. The quantitative estimate of drug-likeness (QED) is 0.758. The summed E-state index contributed by atoms with van der Waals surface area (Å²) in [5.41, 5.74) is 6.39. The minimum absolute atomic E-state index is 0. The van der Waals surface area contributed by atoms with Crippen LogP contribution in [0.2, 0.25) is 0 Å². The Labute approximate surface area is 126 Å². The Kier molecular flexibility index (Phi) is 6.46. The van der Waals surface area contributed by atoms with Crippen LogP contribution in [-0.4, -0.2) is 24.6 Å². The zero-order valence-corrected chi connectivity index (χ0v) is 12.6. The zero-order chi connectivity index (χ0) is 13.7. The minimum atomic E-state index is -0.571. The second kappa shape index (κ2) is 7.62. The standard InChI is InChI=1S/C15H22N2O2.ClH/c1-12(13-6-3-2-4-7-13)19-11-5-10-17-14(18)15(16)8-9-15;/h2-4,6-7,12H,5,8-11,16H2,1H3,(H,17,18);1H. The summed E-state index contributed by atoms with van der Waals surface area (Å²) >= 11 is 0. The fourth-order valence-corrected chi connectivity index (χ4v) is 1.89. The van der Waals surface area contributed by atoms with Crippen LogP contribution in [-0.2, 0) is 9.53 Å². The van der Waals surface area contributed by atoms with Crippen molar-refractivity contribution in [2.75, 3.05) is 13.2 Å². The molecule has 1 fully saturated rings. The maximum absolute atomic E-state index is 11.6. The number of rotatable bonds is 7. The molecule has 1 unspecified atom stereocenters. The van der Waals surface area contributed by atoms with Gasteiger partial charge in [0.1, 0.15) is 0 Å². The Morgan fingerprint density at radius 2 is 2.05 bits per heavy atom. The summed E-state index contributed by atoms with van der Waals surface area (Å²) in [5, 5.41) is 2.85. The molecule has 3 N–H and O–H groups in total. The molecule has 1 aliphatic rings. The lowest BCUT2D eigenvalue weighted by atomic mass is 10.1. The first-order chi connectivity index (χ1) is 9.12. The van der Waals surface area contributed by atoms with Crippen molar-refractivity contribution in [3.63, 3.8) is 0 Å². The first-order valence-electron chi connectivity index (χ1n) is 6.85. The molecule has 0 aliphatic heterocycles. The fraction of sp³-hybridized carbons (Fsp3) is 0.533. The van der Waals surface area contributed by atoms with Crippen molar-refractivity contribution in [3.8, 4) is 0 Å². The van der Waals surface area contributed by atoms with Crippen LogP contribution in [0.1, 0.15) is 37.9 Å². The molecule has 1 aliphatic carbocycles. The molecule has 0 heterocycles. The maximum Gasteiger partial charge on any atom is 0.240 e. The lowest BCUT2D eigenvalue weighted by Gasteiger charge is -2.14. The van der Waals surface area contributed by atoms with Crippen molar-refractivity contribution < 1.29 is 9.53 Å². The molecule has 4 nitrogen and oxygen atoms in total. The van der Waals surface area contributed by atoms with Gasteiger partial charge in [0.05, 0.1) is 11.6 Å². The van der Waals surface area contributed by atoms with Crippen LogP contribution in [0.15, 0.2) is 30.3 Å². The van der Waals surface area contributed by atoms with Crippen LogP contribution >= 0.6 is 12.4 Å². The molecule has 1 amide bonds. The van der Waals surface area contributed by atoms with Crippen LogP contribution in [0.4, 0.5) is 0 Å². The Balaban J connectivity index is 0.00000200. The Morgan fingerprint density at radius 3 is 2.65 bits per heavy atom. The summed E-state index contributed by atoms with van der Waals surface area (Å²) in [6.07, 6.45) is 2.50. The van der Waals surface area contributed by atoms with Crippen molar-refractivity contribution in [2.45, 2.75) is 37.8 Å². The first kappa shape index (κ1) is 17.0. The molecule has 1 aromatic carbocycles. The number of halogens is 1. The predicted octanol–water partition coefficient (Wildman–Crippen LogP) is 2.18. The van der Waals surface area contributed by atoms with E-state index in [-0.39, 0.29) is 24.4 Å². The van der Waals surface area contributed by atoms with Crippen LogP contribution in [0.25, 0.3) is 0 Å². The van der Waals surface area contributed by atoms with E-state index >= 15 is 0 Å². The van der Waals surface area contributed by atoms with E-state index in [0.29, 0.717) is 13.2 Å². The molecule has 5 heteroatoms. The second-order valence-corrected chi connectivity index (χ2v) is 5.19. The Hall–Kier alpha value is -1.10. The number of carbonyl (C=O) groups excluding carboxylic acids is 1.